The smallest absolute Gasteiger partial charge is 0.423 e. The van der Waals surface area contributed by atoms with E-state index in [2.05, 4.69) is 19.7 Å². The summed E-state index contributed by atoms with van der Waals surface area (Å²) in [6.45, 7) is 17.3. The van der Waals surface area contributed by atoms with Crippen molar-refractivity contribution in [3.63, 3.8) is 0 Å². The van der Waals surface area contributed by atoms with Crippen molar-refractivity contribution in [3.05, 3.63) is 36.5 Å². The van der Waals surface area contributed by atoms with Gasteiger partial charge in [-0.15, -0.1) is 0 Å². The largest absolute Gasteiger partial charge is 0.424 e. The van der Waals surface area contributed by atoms with Gasteiger partial charge in [0.05, 0.1) is 6.42 Å². The predicted molar refractivity (Wildman–Crippen MR) is 99.7 cm³/mol. The Morgan fingerprint density at radius 3 is 1.54 bits per heavy atom. The molecular weight excluding hydrogens is 356 g/mol. The second kappa shape index (κ2) is 11.4. The summed E-state index contributed by atoms with van der Waals surface area (Å²) in [5.74, 6) is -4.79. The standard InChI is InChI=1S/C18H28O7Si/c1-8-10-22-26-11-9-18(23-15(19)12(2)3,24-16(20)13(4)5)25-17(21)14(6)7/h2,4,6,8-11,26H2,1,3,5,7H3. The quantitative estimate of drug-likeness (QED) is 0.168. The van der Waals surface area contributed by atoms with Gasteiger partial charge in [0.1, 0.15) is 0 Å². The molecule has 8 heteroatoms. The van der Waals surface area contributed by atoms with Crippen LogP contribution in [0.1, 0.15) is 40.5 Å². The Balaban J connectivity index is 5.56. The van der Waals surface area contributed by atoms with E-state index < -0.39 is 33.6 Å². The normalized spacial score (nSPS) is 11.1. The molecule has 0 aliphatic carbocycles. The van der Waals surface area contributed by atoms with Gasteiger partial charge in [-0.1, -0.05) is 26.7 Å². The van der Waals surface area contributed by atoms with Gasteiger partial charge in [-0.25, -0.2) is 14.4 Å². The van der Waals surface area contributed by atoms with Crippen LogP contribution in [0, 0.1) is 0 Å². The van der Waals surface area contributed by atoms with E-state index in [9.17, 15) is 14.4 Å². The summed E-state index contributed by atoms with van der Waals surface area (Å²) in [4.78, 5) is 36.1. The number of carbonyl (C=O) groups is 3. The summed E-state index contributed by atoms with van der Waals surface area (Å²) < 4.78 is 21.1. The fourth-order valence-corrected chi connectivity index (χ4v) is 2.81. The number of ether oxygens (including phenoxy) is 3. The molecule has 0 amide bonds. The Hall–Kier alpha value is -2.19. The van der Waals surface area contributed by atoms with Gasteiger partial charge >= 0.3 is 23.9 Å². The van der Waals surface area contributed by atoms with Crippen LogP contribution in [-0.2, 0) is 33.0 Å². The molecule has 0 radical (unpaired) electrons. The third kappa shape index (κ3) is 8.77. The summed E-state index contributed by atoms with van der Waals surface area (Å²) in [7, 11) is -0.980. The summed E-state index contributed by atoms with van der Waals surface area (Å²) in [6, 6.07) is 0.441. The van der Waals surface area contributed by atoms with Gasteiger partial charge in [0.15, 0.2) is 9.76 Å². The van der Waals surface area contributed by atoms with Gasteiger partial charge in [0, 0.05) is 23.3 Å². The molecule has 0 unspecified atom stereocenters. The topological polar surface area (TPSA) is 88.1 Å². The highest BCUT2D eigenvalue weighted by molar-refractivity contribution is 6.27. The maximum absolute atomic E-state index is 12.0. The van der Waals surface area contributed by atoms with Crippen molar-refractivity contribution in [1.29, 1.82) is 0 Å². The summed E-state index contributed by atoms with van der Waals surface area (Å²) in [6.07, 6.45) is 0.818. The highest BCUT2D eigenvalue weighted by Crippen LogP contribution is 2.26. The van der Waals surface area contributed by atoms with Gasteiger partial charge in [-0.3, -0.25) is 0 Å². The van der Waals surface area contributed by atoms with Crippen LogP contribution in [0.4, 0.5) is 0 Å². The van der Waals surface area contributed by atoms with E-state index in [1.54, 1.807) is 0 Å². The number of esters is 3. The fourth-order valence-electron chi connectivity index (χ4n) is 1.54. The minimum absolute atomic E-state index is 0.0556. The minimum atomic E-state index is -2.22. The Labute approximate surface area is 157 Å². The minimum Gasteiger partial charge on any atom is -0.424 e. The van der Waals surface area contributed by atoms with Crippen LogP contribution in [-0.4, -0.2) is 40.3 Å². The lowest BCUT2D eigenvalue weighted by Crippen LogP contribution is -2.45. The first-order valence-corrected chi connectivity index (χ1v) is 9.86. The molecule has 0 saturated heterocycles. The van der Waals surface area contributed by atoms with Crippen molar-refractivity contribution < 1.29 is 33.0 Å². The average Bonchev–Trinajstić information content (AvgIpc) is 2.54. The van der Waals surface area contributed by atoms with Crippen molar-refractivity contribution in [3.8, 4) is 0 Å². The second-order valence-corrected chi connectivity index (χ2v) is 7.43. The zero-order chi connectivity index (χ0) is 20.3. The number of hydrogen-bond acceptors (Lipinski definition) is 7. The highest BCUT2D eigenvalue weighted by Gasteiger charge is 2.43. The maximum atomic E-state index is 12.0. The van der Waals surface area contributed by atoms with Crippen LogP contribution >= 0.6 is 0 Å². The van der Waals surface area contributed by atoms with Crippen LogP contribution in [0.15, 0.2) is 36.5 Å². The monoisotopic (exact) mass is 384 g/mol. The molecule has 0 bridgehead atoms. The van der Waals surface area contributed by atoms with Crippen molar-refractivity contribution in [2.75, 3.05) is 6.61 Å². The van der Waals surface area contributed by atoms with Crippen LogP contribution in [0.5, 0.6) is 0 Å². The molecule has 0 fully saturated rings. The van der Waals surface area contributed by atoms with Crippen molar-refractivity contribution in [2.45, 2.75) is 52.6 Å². The zero-order valence-corrected chi connectivity index (χ0v) is 17.4. The average molecular weight is 385 g/mol. The van der Waals surface area contributed by atoms with E-state index in [1.807, 2.05) is 6.92 Å². The van der Waals surface area contributed by atoms with E-state index in [0.717, 1.165) is 6.42 Å². The third-order valence-corrected chi connectivity index (χ3v) is 4.13. The summed E-state index contributed by atoms with van der Waals surface area (Å²) >= 11 is 0. The van der Waals surface area contributed by atoms with Gasteiger partial charge in [-0.05, 0) is 33.2 Å². The van der Waals surface area contributed by atoms with Gasteiger partial charge in [0.2, 0.25) is 0 Å². The van der Waals surface area contributed by atoms with Gasteiger partial charge in [0.25, 0.3) is 0 Å². The van der Waals surface area contributed by atoms with Crippen LogP contribution in [0.25, 0.3) is 0 Å². The molecular formula is C18H28O7Si. The van der Waals surface area contributed by atoms with Gasteiger partial charge < -0.3 is 18.6 Å². The third-order valence-electron chi connectivity index (χ3n) is 2.91. The Morgan fingerprint density at radius 1 is 0.846 bits per heavy atom. The first-order valence-electron chi connectivity index (χ1n) is 8.29. The molecule has 0 rings (SSSR count). The zero-order valence-electron chi connectivity index (χ0n) is 16.0. The van der Waals surface area contributed by atoms with Crippen molar-refractivity contribution >= 4 is 27.7 Å². The maximum Gasteiger partial charge on any atom is 0.423 e. The number of carbonyl (C=O) groups excluding carboxylic acids is 3. The molecule has 146 valence electrons. The first-order chi connectivity index (χ1) is 12.0. The molecule has 0 heterocycles. The molecule has 0 aliphatic rings. The van der Waals surface area contributed by atoms with Crippen LogP contribution < -0.4 is 0 Å². The molecule has 0 saturated carbocycles. The molecule has 0 spiro atoms. The molecule has 0 N–H and O–H groups in total. The molecule has 0 aromatic rings. The van der Waals surface area contributed by atoms with Crippen molar-refractivity contribution in [2.24, 2.45) is 0 Å². The number of hydrogen-bond donors (Lipinski definition) is 0. The van der Waals surface area contributed by atoms with E-state index in [1.165, 1.54) is 20.8 Å². The first kappa shape index (κ1) is 23.8. The molecule has 7 nitrogen and oxygen atoms in total. The lowest BCUT2D eigenvalue weighted by molar-refractivity contribution is -0.326. The van der Waals surface area contributed by atoms with E-state index in [-0.39, 0.29) is 23.1 Å². The highest BCUT2D eigenvalue weighted by atomic mass is 28.2. The Bertz CT molecular complexity index is 511. The lowest BCUT2D eigenvalue weighted by atomic mass is 10.3. The lowest BCUT2D eigenvalue weighted by Gasteiger charge is -2.31. The van der Waals surface area contributed by atoms with Crippen LogP contribution in [0.2, 0.25) is 6.04 Å². The van der Waals surface area contributed by atoms with Crippen molar-refractivity contribution in [1.82, 2.24) is 0 Å². The summed E-state index contributed by atoms with van der Waals surface area (Å²) in [5.41, 5.74) is 0.185. The summed E-state index contributed by atoms with van der Waals surface area (Å²) in [5, 5.41) is 0. The SMILES string of the molecule is C=C(C)C(=O)OC(CC[SiH2]OCCC)(OC(=O)C(=C)C)OC(=O)C(=C)C. The molecule has 0 atom stereocenters. The van der Waals surface area contributed by atoms with Crippen LogP contribution in [0.3, 0.4) is 0 Å². The van der Waals surface area contributed by atoms with E-state index >= 15 is 0 Å². The second-order valence-electron chi connectivity index (χ2n) is 5.91. The number of rotatable bonds is 12. The molecule has 0 aliphatic heterocycles. The van der Waals surface area contributed by atoms with Gasteiger partial charge in [-0.2, -0.15) is 0 Å². The van der Waals surface area contributed by atoms with E-state index in [0.29, 0.717) is 12.7 Å². The molecule has 0 aromatic heterocycles. The predicted octanol–water partition coefficient (Wildman–Crippen LogP) is 2.32. The molecule has 0 aromatic carbocycles. The Morgan fingerprint density at radius 2 is 1.23 bits per heavy atom. The molecule has 26 heavy (non-hydrogen) atoms. The van der Waals surface area contributed by atoms with E-state index in [4.69, 9.17) is 18.6 Å². The fraction of sp³-hybridized carbons (Fsp3) is 0.500. The Kier molecular flexibility index (Phi) is 10.5.